The minimum atomic E-state index is -4.39. The van der Waals surface area contributed by atoms with Crippen LogP contribution < -0.4 is 15.4 Å². The van der Waals surface area contributed by atoms with Crippen molar-refractivity contribution in [3.05, 3.63) is 70.7 Å². The first-order valence-electron chi connectivity index (χ1n) is 12.7. The maximum atomic E-state index is 13.6. The number of rotatable bonds is 8. The summed E-state index contributed by atoms with van der Waals surface area (Å²) in [6.45, 7) is -0.118. The van der Waals surface area contributed by atoms with Gasteiger partial charge in [0.25, 0.3) is 5.91 Å². The van der Waals surface area contributed by atoms with Gasteiger partial charge in [0.1, 0.15) is 17.1 Å². The summed E-state index contributed by atoms with van der Waals surface area (Å²) >= 11 is 0. The Kier molecular flexibility index (Phi) is 5.84. The molecule has 3 heterocycles. The molecule has 0 unspecified atom stereocenters. The summed E-state index contributed by atoms with van der Waals surface area (Å²) in [6.07, 6.45) is 2.68. The van der Waals surface area contributed by atoms with Gasteiger partial charge in [0.15, 0.2) is 6.61 Å². The highest BCUT2D eigenvalue weighted by Crippen LogP contribution is 2.44. The van der Waals surface area contributed by atoms with Crippen LogP contribution in [0.1, 0.15) is 58.6 Å². The molecule has 7 nitrogen and oxygen atoms in total. The van der Waals surface area contributed by atoms with E-state index in [1.807, 2.05) is 22.9 Å². The predicted octanol–water partition coefficient (Wildman–Crippen LogP) is 4.76. The molecule has 3 aliphatic rings. The number of halogens is 3. The fourth-order valence-electron chi connectivity index (χ4n) is 5.51. The SMILES string of the molecule is O=C1N[C@@]2(CCc3cc(OCC(F)(F)F)ccc32)Cc2nn(CCC3CC3)c(NCc3ccccn3)c21. The fraction of sp³-hybridized carbons (Fsp3) is 0.444. The molecular formula is C27H28F3N5O2. The molecule has 1 fully saturated rings. The quantitative estimate of drug-likeness (QED) is 0.456. The molecule has 1 atom stereocenters. The van der Waals surface area contributed by atoms with Gasteiger partial charge in [0, 0.05) is 19.2 Å². The molecule has 0 bridgehead atoms. The van der Waals surface area contributed by atoms with Crippen molar-refractivity contribution in [1.29, 1.82) is 0 Å². The Morgan fingerprint density at radius 2 is 2.08 bits per heavy atom. The second kappa shape index (κ2) is 9.08. The standard InChI is InChI=1S/C27H28F3N5O2/c28-27(29,30)16-37-20-6-7-21-18(13-20)8-10-26(21)14-22-23(25(36)33-26)24(32-15-19-3-1-2-11-31-19)35(34-22)12-9-17-4-5-17/h1-3,6-7,11,13,17,32H,4-5,8-10,12,14-16H2,(H,33,36)/t26-/m0/s1. The number of nitrogens with zero attached hydrogens (tertiary/aromatic N) is 3. The molecule has 1 spiro atoms. The van der Waals surface area contributed by atoms with Gasteiger partial charge in [0.2, 0.25) is 0 Å². The Labute approximate surface area is 212 Å². The number of hydrogen-bond donors (Lipinski definition) is 2. The van der Waals surface area contributed by atoms with Crippen LogP contribution >= 0.6 is 0 Å². The van der Waals surface area contributed by atoms with Crippen molar-refractivity contribution in [2.45, 2.75) is 63.3 Å². The number of ether oxygens (including phenoxy) is 1. The summed E-state index contributed by atoms with van der Waals surface area (Å²) in [6, 6.07) is 10.7. The number of pyridine rings is 1. The van der Waals surface area contributed by atoms with Gasteiger partial charge < -0.3 is 15.4 Å². The van der Waals surface area contributed by atoms with Gasteiger partial charge in [-0.15, -0.1) is 0 Å². The first kappa shape index (κ1) is 23.8. The largest absolute Gasteiger partial charge is 0.484 e. The average molecular weight is 512 g/mol. The van der Waals surface area contributed by atoms with Gasteiger partial charge in [-0.3, -0.25) is 9.78 Å². The molecule has 194 valence electrons. The molecule has 1 aliphatic heterocycles. The van der Waals surface area contributed by atoms with E-state index in [0.717, 1.165) is 41.4 Å². The lowest BCUT2D eigenvalue weighted by Gasteiger charge is -2.35. The number of alkyl halides is 3. The van der Waals surface area contributed by atoms with Crippen molar-refractivity contribution >= 4 is 11.7 Å². The fourth-order valence-corrected chi connectivity index (χ4v) is 5.51. The lowest BCUT2D eigenvalue weighted by Crippen LogP contribution is -2.49. The molecule has 2 N–H and O–H groups in total. The molecule has 3 aromatic rings. The van der Waals surface area contributed by atoms with Gasteiger partial charge in [-0.2, -0.15) is 18.3 Å². The number of aryl methyl sites for hydroxylation is 2. The van der Waals surface area contributed by atoms with Crippen LogP contribution in [0.2, 0.25) is 0 Å². The van der Waals surface area contributed by atoms with Crippen LogP contribution in [0.5, 0.6) is 5.75 Å². The molecule has 1 saturated carbocycles. The van der Waals surface area contributed by atoms with E-state index in [1.165, 1.54) is 12.8 Å². The number of benzene rings is 1. The normalized spacial score (nSPS) is 20.5. The first-order chi connectivity index (χ1) is 17.8. The second-order valence-corrected chi connectivity index (χ2v) is 10.2. The second-order valence-electron chi connectivity index (χ2n) is 10.2. The predicted molar refractivity (Wildman–Crippen MR) is 130 cm³/mol. The first-order valence-corrected chi connectivity index (χ1v) is 12.7. The van der Waals surface area contributed by atoms with E-state index in [2.05, 4.69) is 15.6 Å². The number of amides is 1. The molecule has 37 heavy (non-hydrogen) atoms. The monoisotopic (exact) mass is 511 g/mol. The zero-order valence-electron chi connectivity index (χ0n) is 20.3. The topological polar surface area (TPSA) is 81.1 Å². The van der Waals surface area contributed by atoms with Crippen molar-refractivity contribution in [3.63, 3.8) is 0 Å². The van der Waals surface area contributed by atoms with Crippen LogP contribution in [0.15, 0.2) is 42.6 Å². The number of carbonyl (C=O) groups excluding carboxylic acids is 1. The molecule has 1 aromatic carbocycles. The molecule has 1 amide bonds. The third kappa shape index (κ3) is 4.89. The summed E-state index contributed by atoms with van der Waals surface area (Å²) in [5, 5.41) is 11.6. The van der Waals surface area contributed by atoms with Gasteiger partial charge in [-0.05, 0) is 60.6 Å². The molecule has 2 aliphatic carbocycles. The van der Waals surface area contributed by atoms with E-state index in [9.17, 15) is 18.0 Å². The lowest BCUT2D eigenvalue weighted by atomic mass is 9.82. The third-order valence-electron chi connectivity index (χ3n) is 7.50. The van der Waals surface area contributed by atoms with Crippen molar-refractivity contribution in [3.8, 4) is 5.75 Å². The minimum absolute atomic E-state index is 0.182. The smallest absolute Gasteiger partial charge is 0.422 e. The van der Waals surface area contributed by atoms with E-state index in [-0.39, 0.29) is 11.7 Å². The summed E-state index contributed by atoms with van der Waals surface area (Å²) in [7, 11) is 0. The Balaban J connectivity index is 1.27. The lowest BCUT2D eigenvalue weighted by molar-refractivity contribution is -0.153. The van der Waals surface area contributed by atoms with Crippen molar-refractivity contribution in [2.75, 3.05) is 11.9 Å². The van der Waals surface area contributed by atoms with Crippen LogP contribution in [0.4, 0.5) is 19.0 Å². The Bertz CT molecular complexity index is 1320. The van der Waals surface area contributed by atoms with E-state index in [1.54, 1.807) is 24.4 Å². The Morgan fingerprint density at radius 1 is 1.22 bits per heavy atom. The summed E-state index contributed by atoms with van der Waals surface area (Å²) in [5.74, 6) is 1.43. The van der Waals surface area contributed by atoms with E-state index >= 15 is 0 Å². The number of anilines is 1. The molecule has 2 aromatic heterocycles. The maximum absolute atomic E-state index is 13.6. The van der Waals surface area contributed by atoms with Crippen molar-refractivity contribution in [2.24, 2.45) is 5.92 Å². The maximum Gasteiger partial charge on any atom is 0.422 e. The highest BCUT2D eigenvalue weighted by molar-refractivity contribution is 6.02. The highest BCUT2D eigenvalue weighted by Gasteiger charge is 2.46. The van der Waals surface area contributed by atoms with E-state index in [0.29, 0.717) is 37.2 Å². The van der Waals surface area contributed by atoms with Gasteiger partial charge >= 0.3 is 6.18 Å². The molecule has 6 rings (SSSR count). The highest BCUT2D eigenvalue weighted by atomic mass is 19.4. The van der Waals surface area contributed by atoms with Crippen LogP contribution in [-0.2, 0) is 31.5 Å². The molecular weight excluding hydrogens is 483 g/mol. The average Bonchev–Trinajstić information content (AvgIpc) is 3.56. The Hall–Kier alpha value is -3.56. The zero-order valence-corrected chi connectivity index (χ0v) is 20.3. The number of aromatic nitrogens is 3. The Morgan fingerprint density at radius 3 is 2.84 bits per heavy atom. The number of nitrogens with one attached hydrogen (secondary N) is 2. The third-order valence-corrected chi connectivity index (χ3v) is 7.50. The van der Waals surface area contributed by atoms with E-state index in [4.69, 9.17) is 9.84 Å². The molecule has 0 saturated heterocycles. The van der Waals surface area contributed by atoms with Crippen LogP contribution in [0.3, 0.4) is 0 Å². The summed E-state index contributed by atoms with van der Waals surface area (Å²) < 4.78 is 44.6. The van der Waals surface area contributed by atoms with Crippen molar-refractivity contribution < 1.29 is 22.7 Å². The van der Waals surface area contributed by atoms with Gasteiger partial charge in [-0.1, -0.05) is 25.0 Å². The zero-order chi connectivity index (χ0) is 25.6. The van der Waals surface area contributed by atoms with Gasteiger partial charge in [0.05, 0.1) is 23.5 Å². The van der Waals surface area contributed by atoms with Crippen LogP contribution in [0, 0.1) is 5.92 Å². The number of fused-ring (bicyclic) bond motifs is 3. The minimum Gasteiger partial charge on any atom is -0.484 e. The number of carbonyl (C=O) groups is 1. The summed E-state index contributed by atoms with van der Waals surface area (Å²) in [4.78, 5) is 17.9. The number of hydrogen-bond acceptors (Lipinski definition) is 5. The molecule has 0 radical (unpaired) electrons. The van der Waals surface area contributed by atoms with Crippen LogP contribution in [0.25, 0.3) is 0 Å². The van der Waals surface area contributed by atoms with E-state index < -0.39 is 18.3 Å². The van der Waals surface area contributed by atoms with Crippen molar-refractivity contribution in [1.82, 2.24) is 20.1 Å². The van der Waals surface area contributed by atoms with Crippen LogP contribution in [-0.4, -0.2) is 33.5 Å². The summed E-state index contributed by atoms with van der Waals surface area (Å²) in [5.41, 5.74) is 3.36. The molecule has 10 heteroatoms. The van der Waals surface area contributed by atoms with Gasteiger partial charge in [-0.25, -0.2) is 4.68 Å².